The molecule has 0 aromatic heterocycles. The molecule has 0 aliphatic carbocycles. The van der Waals surface area contributed by atoms with Gasteiger partial charge in [0.2, 0.25) is 0 Å². The molecular weight excluding hydrogens is 278 g/mol. The smallest absolute Gasteiger partial charge is 0.313 e. The van der Waals surface area contributed by atoms with Crippen LogP contribution in [0.25, 0.3) is 0 Å². The van der Waals surface area contributed by atoms with Crippen LogP contribution in [0.4, 0.5) is 0 Å². The predicted molar refractivity (Wildman–Crippen MR) is 85.5 cm³/mol. The Morgan fingerprint density at radius 2 is 1.82 bits per heavy atom. The fraction of sp³-hybridized carbons (Fsp3) is 0.556. The first-order chi connectivity index (χ1) is 10.6. The Balaban J connectivity index is 1.95. The van der Waals surface area contributed by atoms with E-state index < -0.39 is 5.97 Å². The number of hydrogen-bond donors (Lipinski definition) is 0. The number of carbonyl (C=O) groups excluding carboxylic acids is 2. The third-order valence-electron chi connectivity index (χ3n) is 3.99. The summed E-state index contributed by atoms with van der Waals surface area (Å²) in [5, 5.41) is 0. The fourth-order valence-electron chi connectivity index (χ4n) is 2.85. The highest BCUT2D eigenvalue weighted by atomic mass is 16.5. The van der Waals surface area contributed by atoms with Gasteiger partial charge in [-0.25, -0.2) is 0 Å². The van der Waals surface area contributed by atoms with Gasteiger partial charge in [0.25, 0.3) is 0 Å². The Morgan fingerprint density at radius 1 is 1.14 bits per heavy atom. The van der Waals surface area contributed by atoms with Crippen LogP contribution in [-0.2, 0) is 14.3 Å². The second-order valence-corrected chi connectivity index (χ2v) is 5.96. The molecule has 0 saturated carbocycles. The van der Waals surface area contributed by atoms with Crippen molar-refractivity contribution < 1.29 is 14.3 Å². The Hall–Kier alpha value is -1.68. The second-order valence-electron chi connectivity index (χ2n) is 5.96. The summed E-state index contributed by atoms with van der Waals surface area (Å²) in [6, 6.07) is 9.79. The van der Waals surface area contributed by atoms with Gasteiger partial charge < -0.3 is 9.64 Å². The van der Waals surface area contributed by atoms with Gasteiger partial charge in [-0.3, -0.25) is 9.59 Å². The number of ether oxygens (including phenoxy) is 1. The van der Waals surface area contributed by atoms with E-state index in [1.807, 2.05) is 30.3 Å². The van der Waals surface area contributed by atoms with Crippen molar-refractivity contribution in [3.63, 3.8) is 0 Å². The summed E-state index contributed by atoms with van der Waals surface area (Å²) in [4.78, 5) is 25.3. The Kier molecular flexibility index (Phi) is 6.59. The Labute approximate surface area is 132 Å². The molecule has 120 valence electrons. The van der Waals surface area contributed by atoms with Crippen molar-refractivity contribution in [3.05, 3.63) is 35.9 Å². The lowest BCUT2D eigenvalue weighted by molar-refractivity contribution is -0.151. The number of rotatable bonds is 7. The second kappa shape index (κ2) is 8.69. The number of esters is 1. The van der Waals surface area contributed by atoms with Crippen molar-refractivity contribution in [2.75, 3.05) is 19.6 Å². The number of Topliss-reactive ketones (excluding diaryl/α,β-unsaturated/α-hetero) is 1. The summed E-state index contributed by atoms with van der Waals surface area (Å²) in [6.45, 7) is 4.59. The topological polar surface area (TPSA) is 46.6 Å². The minimum absolute atomic E-state index is 0.146. The minimum Gasteiger partial charge on any atom is -0.457 e. The maximum absolute atomic E-state index is 11.8. The van der Waals surface area contributed by atoms with E-state index in [-0.39, 0.29) is 18.3 Å². The summed E-state index contributed by atoms with van der Waals surface area (Å²) in [6.07, 6.45) is 4.17. The molecule has 22 heavy (non-hydrogen) atoms. The highest BCUT2D eigenvalue weighted by Gasteiger charge is 2.19. The number of nitrogens with zero attached hydrogens (tertiary/aromatic N) is 1. The number of carbonyl (C=O) groups is 2. The van der Waals surface area contributed by atoms with Gasteiger partial charge in [0.05, 0.1) is 0 Å². The molecule has 1 aromatic carbocycles. The maximum atomic E-state index is 11.8. The molecule has 4 nitrogen and oxygen atoms in total. The fourth-order valence-corrected chi connectivity index (χ4v) is 2.85. The summed E-state index contributed by atoms with van der Waals surface area (Å²) in [7, 11) is 0. The van der Waals surface area contributed by atoms with Crippen LogP contribution in [0.3, 0.4) is 0 Å². The molecule has 1 aliphatic rings. The summed E-state index contributed by atoms with van der Waals surface area (Å²) in [5.41, 5.74) is 0.997. The number of piperidine rings is 1. The van der Waals surface area contributed by atoms with Crippen LogP contribution in [0.15, 0.2) is 30.3 Å². The minimum atomic E-state index is -0.431. The number of ketones is 1. The first kappa shape index (κ1) is 16.7. The zero-order valence-electron chi connectivity index (χ0n) is 13.3. The molecule has 1 fully saturated rings. The van der Waals surface area contributed by atoms with Gasteiger partial charge in [-0.15, -0.1) is 0 Å². The Morgan fingerprint density at radius 3 is 2.45 bits per heavy atom. The van der Waals surface area contributed by atoms with Crippen molar-refractivity contribution in [3.8, 4) is 0 Å². The first-order valence-corrected chi connectivity index (χ1v) is 8.11. The lowest BCUT2D eigenvalue weighted by Crippen LogP contribution is -2.31. The molecule has 0 radical (unpaired) electrons. The Bertz CT molecular complexity index is 480. The van der Waals surface area contributed by atoms with Crippen LogP contribution in [0, 0.1) is 0 Å². The van der Waals surface area contributed by atoms with E-state index in [4.69, 9.17) is 4.74 Å². The summed E-state index contributed by atoms with van der Waals surface area (Å²) < 4.78 is 5.55. The van der Waals surface area contributed by atoms with Crippen molar-refractivity contribution in [2.24, 2.45) is 0 Å². The van der Waals surface area contributed by atoms with E-state index in [1.54, 1.807) is 0 Å². The molecule has 2 rings (SSSR count). The van der Waals surface area contributed by atoms with Gasteiger partial charge in [-0.2, -0.15) is 0 Å². The summed E-state index contributed by atoms with van der Waals surface area (Å²) >= 11 is 0. The molecule has 0 amide bonds. The number of benzene rings is 1. The van der Waals surface area contributed by atoms with Crippen LogP contribution in [0.5, 0.6) is 0 Å². The van der Waals surface area contributed by atoms with E-state index in [9.17, 15) is 9.59 Å². The van der Waals surface area contributed by atoms with E-state index in [0.29, 0.717) is 0 Å². The van der Waals surface area contributed by atoms with E-state index in [0.717, 1.165) is 31.6 Å². The van der Waals surface area contributed by atoms with Crippen LogP contribution in [0.2, 0.25) is 0 Å². The zero-order chi connectivity index (χ0) is 15.8. The first-order valence-electron chi connectivity index (χ1n) is 8.11. The SMILES string of the molecule is CC(=O)CC(=O)OC(CCN1CCCCC1)c1ccccc1. The van der Waals surface area contributed by atoms with Crippen molar-refractivity contribution in [1.29, 1.82) is 0 Å². The van der Waals surface area contributed by atoms with Crippen LogP contribution >= 0.6 is 0 Å². The maximum Gasteiger partial charge on any atom is 0.313 e. The van der Waals surface area contributed by atoms with Crippen LogP contribution in [0.1, 0.15) is 50.7 Å². The molecular formula is C18H25NO3. The predicted octanol–water partition coefficient (Wildman–Crippen LogP) is 3.13. The van der Waals surface area contributed by atoms with Crippen molar-refractivity contribution in [2.45, 2.75) is 45.1 Å². The third-order valence-corrected chi connectivity index (χ3v) is 3.99. The molecule has 1 heterocycles. The number of likely N-dealkylation sites (tertiary alicyclic amines) is 1. The van der Waals surface area contributed by atoms with Gasteiger partial charge >= 0.3 is 5.97 Å². The number of hydrogen-bond acceptors (Lipinski definition) is 4. The van der Waals surface area contributed by atoms with Gasteiger partial charge in [-0.1, -0.05) is 36.8 Å². The molecule has 1 aromatic rings. The molecule has 1 atom stereocenters. The third kappa shape index (κ3) is 5.60. The quantitative estimate of drug-likeness (QED) is 0.573. The average Bonchev–Trinajstić information content (AvgIpc) is 2.52. The standard InChI is InChI=1S/C18H25NO3/c1-15(20)14-18(21)22-17(16-8-4-2-5-9-16)10-13-19-11-6-3-7-12-19/h2,4-5,8-9,17H,3,6-7,10-14H2,1H3. The molecule has 1 unspecified atom stereocenters. The van der Waals surface area contributed by atoms with Gasteiger partial charge in [0.15, 0.2) is 0 Å². The molecule has 0 N–H and O–H groups in total. The highest BCUT2D eigenvalue weighted by molar-refractivity contribution is 5.94. The van der Waals surface area contributed by atoms with Gasteiger partial charge in [0, 0.05) is 13.0 Å². The van der Waals surface area contributed by atoms with Crippen LogP contribution in [-0.4, -0.2) is 36.3 Å². The highest BCUT2D eigenvalue weighted by Crippen LogP contribution is 2.23. The molecule has 1 saturated heterocycles. The van der Waals surface area contributed by atoms with Crippen molar-refractivity contribution >= 4 is 11.8 Å². The van der Waals surface area contributed by atoms with Crippen molar-refractivity contribution in [1.82, 2.24) is 4.90 Å². The zero-order valence-corrected chi connectivity index (χ0v) is 13.3. The lowest BCUT2D eigenvalue weighted by Gasteiger charge is -2.28. The van der Waals surface area contributed by atoms with E-state index >= 15 is 0 Å². The lowest BCUT2D eigenvalue weighted by atomic mass is 10.0. The van der Waals surface area contributed by atoms with Crippen LogP contribution < -0.4 is 0 Å². The normalized spacial score (nSPS) is 17.0. The summed E-state index contributed by atoms with van der Waals surface area (Å²) in [5.74, 6) is -0.590. The molecule has 0 spiro atoms. The average molecular weight is 303 g/mol. The van der Waals surface area contributed by atoms with Gasteiger partial charge in [0.1, 0.15) is 18.3 Å². The largest absolute Gasteiger partial charge is 0.457 e. The van der Waals surface area contributed by atoms with E-state index in [2.05, 4.69) is 4.90 Å². The molecule has 1 aliphatic heterocycles. The molecule has 0 bridgehead atoms. The molecule has 4 heteroatoms. The monoisotopic (exact) mass is 303 g/mol. The van der Waals surface area contributed by atoms with Gasteiger partial charge in [-0.05, 0) is 38.4 Å². The van der Waals surface area contributed by atoms with E-state index in [1.165, 1.54) is 26.2 Å².